The number of aliphatic hydroxyl groups excluding tert-OH is 1. The van der Waals surface area contributed by atoms with E-state index in [2.05, 4.69) is 10.3 Å². The van der Waals surface area contributed by atoms with Crippen molar-refractivity contribution < 1.29 is 27.6 Å². The summed E-state index contributed by atoms with van der Waals surface area (Å²) in [4.78, 5) is 33.8. The highest BCUT2D eigenvalue weighted by atomic mass is 35.5. The van der Waals surface area contributed by atoms with Crippen LogP contribution in [-0.2, 0) is 27.5 Å². The number of aromatic nitrogens is 1. The molecule has 0 radical (unpaired) electrons. The fourth-order valence-electron chi connectivity index (χ4n) is 5.51. The molecule has 204 valence electrons. The van der Waals surface area contributed by atoms with Crippen LogP contribution in [0.4, 0.5) is 11.4 Å². The second-order valence-electron chi connectivity index (χ2n) is 10.1. The Morgan fingerprint density at radius 1 is 1.11 bits per heavy atom. The molecule has 3 aliphatic rings. The van der Waals surface area contributed by atoms with Crippen LogP contribution in [0, 0.1) is 0 Å². The van der Waals surface area contributed by atoms with Crippen molar-refractivity contribution in [3.63, 3.8) is 0 Å². The number of sulfone groups is 1. The summed E-state index contributed by atoms with van der Waals surface area (Å²) in [6.45, 7) is 0.667. The van der Waals surface area contributed by atoms with Gasteiger partial charge in [-0.3, -0.25) is 4.79 Å². The van der Waals surface area contributed by atoms with Gasteiger partial charge >= 0.3 is 11.8 Å². The van der Waals surface area contributed by atoms with Gasteiger partial charge in [0.2, 0.25) is 0 Å². The summed E-state index contributed by atoms with van der Waals surface area (Å²) in [5.74, 6) is -0.0236. The second-order valence-corrected chi connectivity index (χ2v) is 14.0. The van der Waals surface area contributed by atoms with Crippen LogP contribution in [0.1, 0.15) is 34.5 Å². The van der Waals surface area contributed by atoms with Crippen molar-refractivity contribution >= 4 is 56.4 Å². The molecule has 9 nitrogen and oxygen atoms in total. The molecule has 0 bridgehead atoms. The van der Waals surface area contributed by atoms with Crippen molar-refractivity contribution in [2.45, 2.75) is 31.9 Å². The third-order valence-electron chi connectivity index (χ3n) is 7.73. The molecular weight excluding hydrogens is 548 g/mol. The SMILES string of the molecule is O=C(C(O)[N+]1(C(=O)c2ncc(Nc3cccc(Cl)c3)c3c2CCCC3)CCS(=O)(=O)CC1)N1CCSCC1. The van der Waals surface area contributed by atoms with E-state index in [9.17, 15) is 23.1 Å². The number of pyridine rings is 1. The van der Waals surface area contributed by atoms with Crippen LogP contribution in [0.5, 0.6) is 0 Å². The number of rotatable bonds is 5. The molecule has 12 heteroatoms. The molecule has 1 aliphatic carbocycles. The molecule has 3 heterocycles. The van der Waals surface area contributed by atoms with Crippen molar-refractivity contribution in [1.29, 1.82) is 0 Å². The van der Waals surface area contributed by atoms with Gasteiger partial charge in [0.25, 0.3) is 6.23 Å². The molecule has 2 amide bonds. The molecule has 1 aromatic heterocycles. The number of hydrogen-bond donors (Lipinski definition) is 2. The predicted molar refractivity (Wildman–Crippen MR) is 149 cm³/mol. The third kappa shape index (κ3) is 5.44. The standard InChI is InChI=1S/C26H31ClN4O5S2/c27-18-4-3-5-19(16-18)29-22-17-28-23(21-7-2-1-6-20(21)22)25(33)31(10-14-38(35,36)15-11-31)26(34)24(32)30-8-12-37-13-9-30/h3-5,16-17,26,34H,1-2,6-15H2/p+1. The van der Waals surface area contributed by atoms with E-state index in [1.165, 1.54) is 0 Å². The zero-order valence-electron chi connectivity index (χ0n) is 21.1. The molecule has 1 unspecified atom stereocenters. The number of nitrogens with zero attached hydrogens (tertiary/aromatic N) is 3. The smallest absolute Gasteiger partial charge is 0.354 e. The number of aliphatic hydroxyl groups is 1. The maximum atomic E-state index is 14.3. The van der Waals surface area contributed by atoms with Gasteiger partial charge in [-0.25, -0.2) is 22.7 Å². The van der Waals surface area contributed by atoms with E-state index in [1.807, 2.05) is 18.2 Å². The van der Waals surface area contributed by atoms with Gasteiger partial charge in [0.05, 0.1) is 11.9 Å². The Hall–Kier alpha value is -2.18. The molecule has 2 saturated heterocycles. The number of thioether (sulfide) groups is 1. The van der Waals surface area contributed by atoms with Crippen molar-refractivity contribution in [2.75, 3.05) is 54.5 Å². The van der Waals surface area contributed by atoms with E-state index in [1.54, 1.807) is 28.9 Å². The molecule has 0 spiro atoms. The minimum absolute atomic E-state index is 0.157. The van der Waals surface area contributed by atoms with E-state index in [0.717, 1.165) is 53.3 Å². The van der Waals surface area contributed by atoms with Crippen LogP contribution in [0.15, 0.2) is 30.5 Å². The highest BCUT2D eigenvalue weighted by Crippen LogP contribution is 2.34. The number of amides is 2. The lowest BCUT2D eigenvalue weighted by Crippen LogP contribution is -2.69. The van der Waals surface area contributed by atoms with Crippen LogP contribution in [0.2, 0.25) is 5.02 Å². The average Bonchev–Trinajstić information content (AvgIpc) is 2.93. The maximum Gasteiger partial charge on any atom is 0.367 e. The number of benzene rings is 1. The number of nitrogens with one attached hydrogen (secondary N) is 1. The highest BCUT2D eigenvalue weighted by molar-refractivity contribution is 7.99. The van der Waals surface area contributed by atoms with Crippen molar-refractivity contribution in [1.82, 2.24) is 9.88 Å². The fraction of sp³-hybridized carbons (Fsp3) is 0.500. The average molecular weight is 580 g/mol. The Labute approximate surface area is 232 Å². The van der Waals surface area contributed by atoms with E-state index in [4.69, 9.17) is 11.6 Å². The second kappa shape index (κ2) is 11.1. The lowest BCUT2D eigenvalue weighted by Gasteiger charge is -2.42. The van der Waals surface area contributed by atoms with Crippen molar-refractivity contribution in [3.05, 3.63) is 52.3 Å². The van der Waals surface area contributed by atoms with E-state index >= 15 is 0 Å². The number of quaternary nitrogens is 1. The highest BCUT2D eigenvalue weighted by Gasteiger charge is 2.53. The Kier molecular flexibility index (Phi) is 8.02. The fourth-order valence-corrected chi connectivity index (χ4v) is 8.01. The first-order chi connectivity index (χ1) is 18.2. The van der Waals surface area contributed by atoms with Crippen molar-refractivity contribution in [3.8, 4) is 0 Å². The van der Waals surface area contributed by atoms with Gasteiger partial charge in [-0.2, -0.15) is 11.8 Å². The van der Waals surface area contributed by atoms with Gasteiger partial charge < -0.3 is 15.3 Å². The molecule has 2 aliphatic heterocycles. The van der Waals surface area contributed by atoms with Crippen LogP contribution < -0.4 is 5.32 Å². The summed E-state index contributed by atoms with van der Waals surface area (Å²) < 4.78 is 24.0. The lowest BCUT2D eigenvalue weighted by atomic mass is 9.89. The maximum absolute atomic E-state index is 14.3. The number of anilines is 2. The van der Waals surface area contributed by atoms with Crippen LogP contribution in [0.3, 0.4) is 0 Å². The Morgan fingerprint density at radius 3 is 2.47 bits per heavy atom. The van der Waals surface area contributed by atoms with Gasteiger partial charge in [-0.05, 0) is 55.0 Å². The molecule has 5 rings (SSSR count). The van der Waals surface area contributed by atoms with Crippen LogP contribution >= 0.6 is 23.4 Å². The molecule has 1 aromatic carbocycles. The quantitative estimate of drug-likeness (QED) is 0.519. The van der Waals surface area contributed by atoms with E-state index in [-0.39, 0.29) is 30.3 Å². The largest absolute Gasteiger partial charge is 0.367 e. The molecule has 0 saturated carbocycles. The first-order valence-corrected chi connectivity index (χ1v) is 16.3. The van der Waals surface area contributed by atoms with E-state index in [0.29, 0.717) is 24.5 Å². The lowest BCUT2D eigenvalue weighted by molar-refractivity contribution is -0.884. The molecule has 2 N–H and O–H groups in total. The molecular formula is C26H32ClN4O5S2+. The van der Waals surface area contributed by atoms with E-state index < -0.39 is 32.4 Å². The first-order valence-electron chi connectivity index (χ1n) is 12.9. The van der Waals surface area contributed by atoms with Gasteiger partial charge in [0.1, 0.15) is 24.6 Å². The van der Waals surface area contributed by atoms with Crippen LogP contribution in [-0.4, -0.2) is 95.1 Å². The van der Waals surface area contributed by atoms with Gasteiger partial charge in [0, 0.05) is 35.3 Å². The zero-order valence-corrected chi connectivity index (χ0v) is 23.5. The van der Waals surface area contributed by atoms with Gasteiger partial charge in [-0.1, -0.05) is 17.7 Å². The first kappa shape index (κ1) is 27.4. The summed E-state index contributed by atoms with van der Waals surface area (Å²) in [5, 5.41) is 15.4. The van der Waals surface area contributed by atoms with Crippen LogP contribution in [0.25, 0.3) is 0 Å². The number of carbonyl (C=O) groups is 2. The molecule has 1 atom stereocenters. The van der Waals surface area contributed by atoms with Gasteiger partial charge in [0.15, 0.2) is 15.5 Å². The number of halogens is 1. The minimum atomic E-state index is -3.36. The molecule has 2 aromatic rings. The third-order valence-corrected chi connectivity index (χ3v) is 10.5. The Morgan fingerprint density at radius 2 is 1.79 bits per heavy atom. The number of hydrogen-bond acceptors (Lipinski definition) is 8. The molecule has 2 fully saturated rings. The molecule has 38 heavy (non-hydrogen) atoms. The van der Waals surface area contributed by atoms with Crippen molar-refractivity contribution in [2.24, 2.45) is 0 Å². The normalized spacial score (nSPS) is 21.3. The Balaban J connectivity index is 1.52. The number of carbonyl (C=O) groups excluding carboxylic acids is 2. The Bertz CT molecular complexity index is 1330. The van der Waals surface area contributed by atoms with Gasteiger partial charge in [-0.15, -0.1) is 0 Å². The minimum Gasteiger partial charge on any atom is -0.354 e. The summed E-state index contributed by atoms with van der Waals surface area (Å²) in [5.41, 5.74) is 3.58. The topological polar surface area (TPSA) is 117 Å². The summed E-state index contributed by atoms with van der Waals surface area (Å²) in [6, 6.07) is 7.35. The summed E-state index contributed by atoms with van der Waals surface area (Å²) in [6.07, 6.45) is 3.18. The monoisotopic (exact) mass is 579 g/mol. The zero-order chi connectivity index (χ0) is 26.9. The number of fused-ring (bicyclic) bond motifs is 1. The predicted octanol–water partition coefficient (Wildman–Crippen LogP) is 2.64. The summed E-state index contributed by atoms with van der Waals surface area (Å²) in [7, 11) is -3.36. The summed E-state index contributed by atoms with van der Waals surface area (Å²) >= 11 is 7.89.